The number of alkyl carbamates (subject to hydrolysis) is 1. The van der Waals surface area contributed by atoms with Crippen LogP contribution in [0.25, 0.3) is 0 Å². The van der Waals surface area contributed by atoms with Gasteiger partial charge in [-0.1, -0.05) is 6.42 Å². The number of carbonyl (C=O) groups excluding carboxylic acids is 2. The first-order valence-electron chi connectivity index (χ1n) is 8.97. The highest BCUT2D eigenvalue weighted by molar-refractivity contribution is 5.92. The number of carbonyl (C=O) groups is 2. The lowest BCUT2D eigenvalue weighted by atomic mass is 9.44. The standard InChI is InChI=1S/C18H25N3O4/c1-16(2,3)25-15(23)21-18-8-17(9-18,10-18)20-13(22)12-7-19-14(24-12)11-5-4-6-11/h7,11H,4-6,8-10H2,1-3H3,(H,20,22)(H,21,23). The SMILES string of the molecule is CC(C)(C)OC(=O)NC12CC(NC(=O)c3cnc(C4CCC4)o3)(C1)C2. The predicted octanol–water partition coefficient (Wildman–Crippen LogP) is 2.87. The van der Waals surface area contributed by atoms with E-state index in [-0.39, 0.29) is 22.7 Å². The van der Waals surface area contributed by atoms with E-state index in [1.165, 1.54) is 12.6 Å². The molecule has 0 aliphatic heterocycles. The van der Waals surface area contributed by atoms with Crippen molar-refractivity contribution in [2.45, 2.75) is 81.9 Å². The maximum atomic E-state index is 12.4. The van der Waals surface area contributed by atoms with Crippen LogP contribution in [0, 0.1) is 0 Å². The van der Waals surface area contributed by atoms with Gasteiger partial charge in [0.05, 0.1) is 11.7 Å². The first kappa shape index (κ1) is 16.4. The molecule has 0 atom stereocenters. The number of hydrogen-bond donors (Lipinski definition) is 2. The fourth-order valence-electron chi connectivity index (χ4n) is 4.11. The third-order valence-corrected chi connectivity index (χ3v) is 5.38. The van der Waals surface area contributed by atoms with Crippen LogP contribution in [0.4, 0.5) is 4.79 Å². The first-order valence-corrected chi connectivity index (χ1v) is 8.97. The van der Waals surface area contributed by atoms with Gasteiger partial charge in [-0.2, -0.15) is 0 Å². The molecule has 1 heterocycles. The number of nitrogens with one attached hydrogen (secondary N) is 2. The van der Waals surface area contributed by atoms with Crippen molar-refractivity contribution < 1.29 is 18.7 Å². The van der Waals surface area contributed by atoms with E-state index in [9.17, 15) is 9.59 Å². The maximum Gasteiger partial charge on any atom is 0.408 e. The molecule has 4 fully saturated rings. The Labute approximate surface area is 146 Å². The molecule has 4 aliphatic carbocycles. The number of oxazole rings is 1. The van der Waals surface area contributed by atoms with Gasteiger partial charge < -0.3 is 19.8 Å². The fraction of sp³-hybridized carbons (Fsp3) is 0.722. The number of amides is 2. The average molecular weight is 347 g/mol. The average Bonchev–Trinajstić information content (AvgIpc) is 2.79. The van der Waals surface area contributed by atoms with Crippen molar-refractivity contribution >= 4 is 12.0 Å². The van der Waals surface area contributed by atoms with Crippen LogP contribution < -0.4 is 10.6 Å². The Balaban J connectivity index is 1.28. The lowest BCUT2D eigenvalue weighted by Crippen LogP contribution is -2.83. The molecule has 0 saturated heterocycles. The van der Waals surface area contributed by atoms with Crippen LogP contribution in [0.15, 0.2) is 10.6 Å². The molecule has 136 valence electrons. The van der Waals surface area contributed by atoms with Crippen LogP contribution >= 0.6 is 0 Å². The molecule has 7 nitrogen and oxygen atoms in total. The molecule has 5 rings (SSSR count). The van der Waals surface area contributed by atoms with E-state index in [0.717, 1.165) is 32.1 Å². The number of nitrogens with zero attached hydrogens (tertiary/aromatic N) is 1. The Morgan fingerprint density at radius 2 is 1.84 bits per heavy atom. The van der Waals surface area contributed by atoms with Gasteiger partial charge >= 0.3 is 6.09 Å². The van der Waals surface area contributed by atoms with Gasteiger partial charge in [0.15, 0.2) is 5.89 Å². The molecule has 0 unspecified atom stereocenters. The van der Waals surface area contributed by atoms with Gasteiger partial charge in [0.1, 0.15) is 5.60 Å². The summed E-state index contributed by atoms with van der Waals surface area (Å²) in [6.45, 7) is 5.52. The molecule has 4 saturated carbocycles. The molecule has 1 aromatic rings. The highest BCUT2D eigenvalue weighted by atomic mass is 16.6. The fourth-order valence-corrected chi connectivity index (χ4v) is 4.11. The summed E-state index contributed by atoms with van der Waals surface area (Å²) >= 11 is 0. The van der Waals surface area contributed by atoms with Crippen LogP contribution in [-0.2, 0) is 4.74 Å². The molecular formula is C18H25N3O4. The molecule has 0 radical (unpaired) electrons. The predicted molar refractivity (Wildman–Crippen MR) is 89.2 cm³/mol. The third-order valence-electron chi connectivity index (χ3n) is 5.38. The normalized spacial score (nSPS) is 30.5. The van der Waals surface area contributed by atoms with Gasteiger partial charge in [-0.05, 0) is 52.9 Å². The summed E-state index contributed by atoms with van der Waals surface area (Å²) in [5, 5.41) is 5.98. The Hall–Kier alpha value is -2.05. The van der Waals surface area contributed by atoms with E-state index in [1.807, 2.05) is 20.8 Å². The molecule has 2 N–H and O–H groups in total. The highest BCUT2D eigenvalue weighted by Gasteiger charge is 2.69. The van der Waals surface area contributed by atoms with Crippen LogP contribution in [0.1, 0.15) is 81.7 Å². The highest BCUT2D eigenvalue weighted by Crippen LogP contribution is 2.60. The van der Waals surface area contributed by atoms with Gasteiger partial charge in [-0.3, -0.25) is 4.79 Å². The molecule has 2 bridgehead atoms. The van der Waals surface area contributed by atoms with E-state index < -0.39 is 11.7 Å². The molecule has 0 spiro atoms. The summed E-state index contributed by atoms with van der Waals surface area (Å²) in [4.78, 5) is 28.5. The van der Waals surface area contributed by atoms with Crippen molar-refractivity contribution in [2.75, 3.05) is 0 Å². The van der Waals surface area contributed by atoms with Gasteiger partial charge in [-0.25, -0.2) is 9.78 Å². The van der Waals surface area contributed by atoms with Gasteiger partial charge in [-0.15, -0.1) is 0 Å². The minimum atomic E-state index is -0.510. The number of rotatable bonds is 4. The van der Waals surface area contributed by atoms with E-state index >= 15 is 0 Å². The molecule has 7 heteroatoms. The van der Waals surface area contributed by atoms with Crippen molar-refractivity contribution in [1.82, 2.24) is 15.6 Å². The summed E-state index contributed by atoms with van der Waals surface area (Å²) < 4.78 is 10.9. The Morgan fingerprint density at radius 3 is 2.40 bits per heavy atom. The Bertz CT molecular complexity index is 694. The molecule has 4 aliphatic rings. The van der Waals surface area contributed by atoms with E-state index in [1.54, 1.807) is 0 Å². The molecule has 0 aromatic carbocycles. The summed E-state index contributed by atoms with van der Waals surface area (Å²) in [6, 6.07) is 0. The number of ether oxygens (including phenoxy) is 1. The molecule has 1 aromatic heterocycles. The second-order valence-electron chi connectivity index (χ2n) is 8.86. The minimum absolute atomic E-state index is 0.219. The van der Waals surface area contributed by atoms with Gasteiger partial charge in [0.2, 0.25) is 5.76 Å². The lowest BCUT2D eigenvalue weighted by molar-refractivity contribution is -0.0972. The number of aromatic nitrogens is 1. The van der Waals surface area contributed by atoms with Crippen molar-refractivity contribution in [3.05, 3.63) is 17.8 Å². The maximum absolute atomic E-state index is 12.4. The second-order valence-corrected chi connectivity index (χ2v) is 8.86. The Kier molecular flexibility index (Phi) is 3.43. The monoisotopic (exact) mass is 347 g/mol. The minimum Gasteiger partial charge on any atom is -0.444 e. The zero-order valence-corrected chi connectivity index (χ0v) is 15.0. The van der Waals surface area contributed by atoms with Gasteiger partial charge in [0, 0.05) is 11.5 Å². The largest absolute Gasteiger partial charge is 0.444 e. The van der Waals surface area contributed by atoms with Gasteiger partial charge in [0.25, 0.3) is 5.91 Å². The third kappa shape index (κ3) is 3.00. The number of hydrogen-bond acceptors (Lipinski definition) is 5. The van der Waals surface area contributed by atoms with Crippen LogP contribution in [0.5, 0.6) is 0 Å². The smallest absolute Gasteiger partial charge is 0.408 e. The molecule has 25 heavy (non-hydrogen) atoms. The zero-order chi connectivity index (χ0) is 17.9. The van der Waals surface area contributed by atoms with Crippen molar-refractivity contribution in [1.29, 1.82) is 0 Å². The van der Waals surface area contributed by atoms with Crippen LogP contribution in [0.3, 0.4) is 0 Å². The van der Waals surface area contributed by atoms with Crippen LogP contribution in [0.2, 0.25) is 0 Å². The lowest BCUT2D eigenvalue weighted by Gasteiger charge is -2.70. The van der Waals surface area contributed by atoms with Crippen molar-refractivity contribution in [3.63, 3.8) is 0 Å². The van der Waals surface area contributed by atoms with E-state index in [2.05, 4.69) is 15.6 Å². The topological polar surface area (TPSA) is 93.5 Å². The van der Waals surface area contributed by atoms with Crippen LogP contribution in [-0.4, -0.2) is 33.7 Å². The second kappa shape index (κ2) is 5.22. The molecule has 2 amide bonds. The summed E-state index contributed by atoms with van der Waals surface area (Å²) in [5.74, 6) is 1.11. The Morgan fingerprint density at radius 1 is 1.20 bits per heavy atom. The summed E-state index contributed by atoms with van der Waals surface area (Å²) in [7, 11) is 0. The van der Waals surface area contributed by atoms with E-state index in [0.29, 0.717) is 11.8 Å². The first-order chi connectivity index (χ1) is 11.7. The quantitative estimate of drug-likeness (QED) is 0.873. The summed E-state index contributed by atoms with van der Waals surface area (Å²) in [5.41, 5.74) is -0.965. The molecular weight excluding hydrogens is 322 g/mol. The van der Waals surface area contributed by atoms with E-state index in [4.69, 9.17) is 9.15 Å². The van der Waals surface area contributed by atoms with Crippen molar-refractivity contribution in [3.8, 4) is 0 Å². The zero-order valence-electron chi connectivity index (χ0n) is 15.0. The van der Waals surface area contributed by atoms with Crippen molar-refractivity contribution in [2.24, 2.45) is 0 Å². The summed E-state index contributed by atoms with van der Waals surface area (Å²) in [6.07, 6.45) is 6.69.